The van der Waals surface area contributed by atoms with Crippen LogP contribution in [0, 0.1) is 0 Å². The summed E-state index contributed by atoms with van der Waals surface area (Å²) >= 11 is 5.83. The molecule has 0 aliphatic carbocycles. The molecule has 1 aromatic rings. The number of aromatic hydroxyl groups is 1. The SMILES string of the molecule is COc1ccc(C=NNC(N)=O)c(Cl)c1O. The number of carbonyl (C=O) groups excluding carboxylic acids is 1. The lowest BCUT2D eigenvalue weighted by molar-refractivity contribution is 0.249. The van der Waals surface area contributed by atoms with E-state index in [4.69, 9.17) is 22.1 Å². The van der Waals surface area contributed by atoms with Crippen molar-refractivity contribution in [3.05, 3.63) is 22.7 Å². The minimum Gasteiger partial charge on any atom is -0.503 e. The Hall–Kier alpha value is -1.95. The molecule has 0 heterocycles. The molecule has 7 heteroatoms. The van der Waals surface area contributed by atoms with Crippen molar-refractivity contribution in [3.63, 3.8) is 0 Å². The highest BCUT2D eigenvalue weighted by Gasteiger charge is 2.09. The maximum atomic E-state index is 10.3. The summed E-state index contributed by atoms with van der Waals surface area (Å²) in [6, 6.07) is 2.31. The van der Waals surface area contributed by atoms with Gasteiger partial charge in [-0.05, 0) is 12.1 Å². The Balaban J connectivity index is 2.94. The number of phenols is 1. The fraction of sp³-hybridized carbons (Fsp3) is 0.111. The van der Waals surface area contributed by atoms with E-state index in [-0.39, 0.29) is 16.5 Å². The lowest BCUT2D eigenvalue weighted by Gasteiger charge is -2.06. The quantitative estimate of drug-likeness (QED) is 0.547. The second kappa shape index (κ2) is 5.22. The topological polar surface area (TPSA) is 96.9 Å². The van der Waals surface area contributed by atoms with E-state index < -0.39 is 6.03 Å². The number of hydrogen-bond donors (Lipinski definition) is 3. The van der Waals surface area contributed by atoms with Gasteiger partial charge in [0, 0.05) is 5.56 Å². The number of nitrogens with one attached hydrogen (secondary N) is 1. The molecule has 0 radical (unpaired) electrons. The third-order valence-electron chi connectivity index (χ3n) is 1.71. The van der Waals surface area contributed by atoms with Gasteiger partial charge in [-0.3, -0.25) is 0 Å². The van der Waals surface area contributed by atoms with Crippen molar-refractivity contribution in [2.45, 2.75) is 0 Å². The van der Waals surface area contributed by atoms with Crippen LogP contribution in [0.1, 0.15) is 5.56 Å². The summed E-state index contributed by atoms with van der Waals surface area (Å²) in [5, 5.41) is 13.1. The van der Waals surface area contributed by atoms with Gasteiger partial charge in [0.1, 0.15) is 0 Å². The number of primary amides is 1. The van der Waals surface area contributed by atoms with E-state index >= 15 is 0 Å². The number of urea groups is 1. The van der Waals surface area contributed by atoms with Gasteiger partial charge in [0.2, 0.25) is 0 Å². The maximum absolute atomic E-state index is 10.3. The van der Waals surface area contributed by atoms with Crippen LogP contribution in [0.25, 0.3) is 0 Å². The predicted octanol–water partition coefficient (Wildman–Crippen LogP) is 1.06. The van der Waals surface area contributed by atoms with Crippen molar-refractivity contribution in [2.75, 3.05) is 7.11 Å². The molecule has 86 valence electrons. The second-order valence-electron chi connectivity index (χ2n) is 2.75. The third kappa shape index (κ3) is 2.77. The van der Waals surface area contributed by atoms with Gasteiger partial charge in [-0.15, -0.1) is 0 Å². The number of amides is 2. The molecule has 1 aromatic carbocycles. The van der Waals surface area contributed by atoms with Gasteiger partial charge in [0.05, 0.1) is 18.3 Å². The van der Waals surface area contributed by atoms with Crippen LogP contribution in [0.5, 0.6) is 11.5 Å². The fourth-order valence-corrected chi connectivity index (χ4v) is 1.20. The number of hydrogen-bond acceptors (Lipinski definition) is 4. The largest absolute Gasteiger partial charge is 0.503 e. The summed E-state index contributed by atoms with van der Waals surface area (Å²) in [6.45, 7) is 0. The van der Waals surface area contributed by atoms with Gasteiger partial charge in [0.25, 0.3) is 0 Å². The summed E-state index contributed by atoms with van der Waals surface area (Å²) in [4.78, 5) is 10.3. The molecule has 16 heavy (non-hydrogen) atoms. The Morgan fingerprint density at radius 1 is 1.69 bits per heavy atom. The van der Waals surface area contributed by atoms with Crippen LogP contribution in [0.3, 0.4) is 0 Å². The van der Waals surface area contributed by atoms with Crippen molar-refractivity contribution in [3.8, 4) is 11.5 Å². The van der Waals surface area contributed by atoms with Gasteiger partial charge in [-0.1, -0.05) is 11.6 Å². The second-order valence-corrected chi connectivity index (χ2v) is 3.13. The Labute approximate surface area is 96.7 Å². The van der Waals surface area contributed by atoms with Crippen LogP contribution < -0.4 is 15.9 Å². The Morgan fingerprint density at radius 2 is 2.38 bits per heavy atom. The molecule has 0 aliphatic rings. The van der Waals surface area contributed by atoms with Gasteiger partial charge >= 0.3 is 6.03 Å². The smallest absolute Gasteiger partial charge is 0.332 e. The van der Waals surface area contributed by atoms with Crippen LogP contribution in [0.15, 0.2) is 17.2 Å². The highest BCUT2D eigenvalue weighted by Crippen LogP contribution is 2.35. The summed E-state index contributed by atoms with van der Waals surface area (Å²) in [5.74, 6) is 0.0669. The molecule has 0 fully saturated rings. The first kappa shape index (κ1) is 12.1. The van der Waals surface area contributed by atoms with Crippen LogP contribution in [-0.4, -0.2) is 24.5 Å². The number of benzene rings is 1. The van der Waals surface area contributed by atoms with E-state index in [2.05, 4.69) is 5.10 Å². The molecule has 6 nitrogen and oxygen atoms in total. The first-order chi connectivity index (χ1) is 7.56. The zero-order chi connectivity index (χ0) is 12.1. The molecule has 0 bridgehead atoms. The Kier molecular flexibility index (Phi) is 3.96. The van der Waals surface area contributed by atoms with E-state index in [1.54, 1.807) is 6.07 Å². The van der Waals surface area contributed by atoms with Gasteiger partial charge < -0.3 is 15.6 Å². The first-order valence-corrected chi connectivity index (χ1v) is 4.58. The number of ether oxygens (including phenoxy) is 1. The molecule has 0 aromatic heterocycles. The van der Waals surface area contributed by atoms with Gasteiger partial charge in [0.15, 0.2) is 11.5 Å². The lowest BCUT2D eigenvalue weighted by atomic mass is 10.2. The minimum atomic E-state index is -0.787. The van der Waals surface area contributed by atoms with Crippen LogP contribution in [0.2, 0.25) is 5.02 Å². The highest BCUT2D eigenvalue weighted by molar-refractivity contribution is 6.34. The molecular weight excluding hydrogens is 234 g/mol. The number of methoxy groups -OCH3 is 1. The van der Waals surface area contributed by atoms with Crippen molar-refractivity contribution >= 4 is 23.8 Å². The number of nitrogens with two attached hydrogens (primary N) is 1. The standard InChI is InChI=1S/C9H10ClN3O3/c1-16-6-3-2-5(7(10)8(6)14)4-12-13-9(11)15/h2-4,14H,1H3,(H3,11,13,15). The molecule has 0 atom stereocenters. The number of hydrazone groups is 1. The zero-order valence-electron chi connectivity index (χ0n) is 8.40. The number of rotatable bonds is 3. The molecule has 0 saturated carbocycles. The summed E-state index contributed by atoms with van der Waals surface area (Å²) in [6.07, 6.45) is 1.26. The van der Waals surface area contributed by atoms with Crippen molar-refractivity contribution in [1.82, 2.24) is 5.43 Å². The van der Waals surface area contributed by atoms with Gasteiger partial charge in [-0.25, -0.2) is 10.2 Å². The molecule has 4 N–H and O–H groups in total. The molecular formula is C9H10ClN3O3. The molecule has 0 spiro atoms. The summed E-state index contributed by atoms with van der Waals surface area (Å²) in [5.41, 5.74) is 7.23. The Bertz CT molecular complexity index is 434. The summed E-state index contributed by atoms with van der Waals surface area (Å²) in [7, 11) is 1.41. The van der Waals surface area contributed by atoms with E-state index in [1.807, 2.05) is 5.43 Å². The number of nitrogens with zero attached hydrogens (tertiary/aromatic N) is 1. The molecule has 0 aliphatic heterocycles. The molecule has 0 saturated heterocycles. The Morgan fingerprint density at radius 3 is 2.94 bits per heavy atom. The summed E-state index contributed by atoms with van der Waals surface area (Å²) < 4.78 is 4.85. The van der Waals surface area contributed by atoms with Gasteiger partial charge in [-0.2, -0.15) is 5.10 Å². The monoisotopic (exact) mass is 243 g/mol. The number of carbonyl (C=O) groups is 1. The first-order valence-electron chi connectivity index (χ1n) is 4.20. The number of phenolic OH excluding ortho intramolecular Hbond substituents is 1. The zero-order valence-corrected chi connectivity index (χ0v) is 9.15. The third-order valence-corrected chi connectivity index (χ3v) is 2.10. The van der Waals surface area contributed by atoms with Crippen molar-refractivity contribution in [2.24, 2.45) is 10.8 Å². The lowest BCUT2D eigenvalue weighted by Crippen LogP contribution is -2.24. The maximum Gasteiger partial charge on any atom is 0.332 e. The molecule has 1 rings (SSSR count). The average Bonchev–Trinajstić information content (AvgIpc) is 2.24. The normalized spacial score (nSPS) is 10.4. The van der Waals surface area contributed by atoms with Crippen molar-refractivity contribution < 1.29 is 14.6 Å². The average molecular weight is 244 g/mol. The van der Waals surface area contributed by atoms with Crippen LogP contribution >= 0.6 is 11.6 Å². The van der Waals surface area contributed by atoms with Crippen molar-refractivity contribution in [1.29, 1.82) is 0 Å². The highest BCUT2D eigenvalue weighted by atomic mass is 35.5. The van der Waals surface area contributed by atoms with E-state index in [0.717, 1.165) is 0 Å². The minimum absolute atomic E-state index is 0.0781. The number of halogens is 1. The van der Waals surface area contributed by atoms with Crippen LogP contribution in [-0.2, 0) is 0 Å². The molecule has 2 amide bonds. The van der Waals surface area contributed by atoms with E-state index in [1.165, 1.54) is 19.4 Å². The van der Waals surface area contributed by atoms with E-state index in [0.29, 0.717) is 5.56 Å². The fourth-order valence-electron chi connectivity index (χ4n) is 0.992. The predicted molar refractivity (Wildman–Crippen MR) is 60.0 cm³/mol. The van der Waals surface area contributed by atoms with E-state index in [9.17, 15) is 9.90 Å². The molecule has 0 unspecified atom stereocenters. The van der Waals surface area contributed by atoms with Crippen LogP contribution in [0.4, 0.5) is 4.79 Å².